The van der Waals surface area contributed by atoms with Gasteiger partial charge in [0.15, 0.2) is 11.5 Å². The first-order valence-electron chi connectivity index (χ1n) is 9.05. The van der Waals surface area contributed by atoms with Gasteiger partial charge >= 0.3 is 5.97 Å². The molecule has 1 amide bonds. The second-order valence-corrected chi connectivity index (χ2v) is 6.32. The molecular formula is C20H25NO6. The third-order valence-electron chi connectivity index (χ3n) is 4.12. The van der Waals surface area contributed by atoms with Crippen molar-refractivity contribution in [1.82, 2.24) is 0 Å². The number of hydrogen-bond acceptors (Lipinski definition) is 5. The average molecular weight is 375 g/mol. The number of nitrogens with zero attached hydrogens (tertiary/aromatic N) is 1. The molecule has 146 valence electrons. The summed E-state index contributed by atoms with van der Waals surface area (Å²) in [6.45, 7) is 6.81. The van der Waals surface area contributed by atoms with E-state index in [1.165, 1.54) is 0 Å². The van der Waals surface area contributed by atoms with Crippen molar-refractivity contribution in [3.05, 3.63) is 35.1 Å². The first-order chi connectivity index (χ1) is 12.9. The molecule has 7 nitrogen and oxygen atoms in total. The molecule has 1 aliphatic heterocycles. The SMILES string of the molecule is CCCOc1ccc(C(C)C2=NC(=O)CC(O)=C2C(=O)O)cc1OCCC. The Labute approximate surface area is 158 Å². The van der Waals surface area contributed by atoms with Crippen LogP contribution in [-0.4, -0.2) is 41.0 Å². The molecule has 0 aliphatic carbocycles. The molecule has 0 saturated carbocycles. The van der Waals surface area contributed by atoms with Crippen LogP contribution >= 0.6 is 0 Å². The van der Waals surface area contributed by atoms with Crippen LogP contribution in [0.1, 0.15) is 51.5 Å². The fourth-order valence-electron chi connectivity index (χ4n) is 2.76. The quantitative estimate of drug-likeness (QED) is 0.683. The van der Waals surface area contributed by atoms with Crippen molar-refractivity contribution >= 4 is 17.6 Å². The van der Waals surface area contributed by atoms with Gasteiger partial charge in [-0.25, -0.2) is 9.79 Å². The fraction of sp³-hybridized carbons (Fsp3) is 0.450. The van der Waals surface area contributed by atoms with E-state index in [4.69, 9.17) is 9.47 Å². The Balaban J connectivity index is 2.40. The highest BCUT2D eigenvalue weighted by atomic mass is 16.5. The third-order valence-corrected chi connectivity index (χ3v) is 4.12. The van der Waals surface area contributed by atoms with Crippen LogP contribution in [0.15, 0.2) is 34.5 Å². The minimum absolute atomic E-state index is 0.0416. The number of amides is 1. The van der Waals surface area contributed by atoms with Crippen molar-refractivity contribution in [3.63, 3.8) is 0 Å². The van der Waals surface area contributed by atoms with Gasteiger partial charge < -0.3 is 19.7 Å². The molecule has 1 aromatic rings. The summed E-state index contributed by atoms with van der Waals surface area (Å²) in [5.41, 5.74) is 0.439. The third kappa shape index (κ3) is 4.87. The molecular weight excluding hydrogens is 350 g/mol. The summed E-state index contributed by atoms with van der Waals surface area (Å²) in [6, 6.07) is 5.32. The number of aliphatic hydroxyl groups is 1. The van der Waals surface area contributed by atoms with Gasteiger partial charge in [0.1, 0.15) is 11.3 Å². The summed E-state index contributed by atoms with van der Waals surface area (Å²) in [4.78, 5) is 27.2. The second-order valence-electron chi connectivity index (χ2n) is 6.32. The Hall–Kier alpha value is -2.83. The fourth-order valence-corrected chi connectivity index (χ4v) is 2.76. The first-order valence-corrected chi connectivity index (χ1v) is 9.05. The van der Waals surface area contributed by atoms with Crippen LogP contribution < -0.4 is 9.47 Å². The highest BCUT2D eigenvalue weighted by molar-refractivity contribution is 6.25. The van der Waals surface area contributed by atoms with Crippen molar-refractivity contribution in [2.24, 2.45) is 4.99 Å². The van der Waals surface area contributed by atoms with Crippen molar-refractivity contribution in [1.29, 1.82) is 0 Å². The molecule has 0 bridgehead atoms. The molecule has 2 N–H and O–H groups in total. The predicted octanol–water partition coefficient (Wildman–Crippen LogP) is 3.64. The van der Waals surface area contributed by atoms with Crippen molar-refractivity contribution in [2.45, 2.75) is 46.0 Å². The zero-order valence-electron chi connectivity index (χ0n) is 15.8. The van der Waals surface area contributed by atoms with Crippen LogP contribution in [0.25, 0.3) is 0 Å². The molecule has 7 heteroatoms. The second kappa shape index (κ2) is 9.21. The van der Waals surface area contributed by atoms with Crippen molar-refractivity contribution in [3.8, 4) is 11.5 Å². The van der Waals surface area contributed by atoms with Gasteiger partial charge in [0, 0.05) is 5.92 Å². The molecule has 0 fully saturated rings. The van der Waals surface area contributed by atoms with E-state index in [1.807, 2.05) is 13.8 Å². The van der Waals surface area contributed by atoms with E-state index in [0.29, 0.717) is 30.3 Å². The summed E-state index contributed by atoms with van der Waals surface area (Å²) in [6.07, 6.45) is 1.29. The topological polar surface area (TPSA) is 105 Å². The number of carboxylic acid groups (broad SMARTS) is 1. The zero-order valence-corrected chi connectivity index (χ0v) is 15.8. The number of dihydropyridines is 1. The Morgan fingerprint density at radius 2 is 1.81 bits per heavy atom. The molecule has 1 aliphatic rings. The van der Waals surface area contributed by atoms with Gasteiger partial charge in [-0.05, 0) is 30.5 Å². The Bertz CT molecular complexity index is 781. The number of carboxylic acids is 1. The first kappa shape index (κ1) is 20.5. The van der Waals surface area contributed by atoms with E-state index in [0.717, 1.165) is 12.8 Å². The number of ether oxygens (including phenoxy) is 2. The number of aliphatic carboxylic acids is 1. The lowest BCUT2D eigenvalue weighted by Crippen LogP contribution is -2.26. The summed E-state index contributed by atoms with van der Waals surface area (Å²) >= 11 is 0. The van der Waals surface area contributed by atoms with E-state index in [1.54, 1.807) is 25.1 Å². The van der Waals surface area contributed by atoms with E-state index in [-0.39, 0.29) is 11.3 Å². The van der Waals surface area contributed by atoms with E-state index < -0.39 is 30.0 Å². The molecule has 0 aromatic heterocycles. The van der Waals surface area contributed by atoms with Gasteiger partial charge in [0.25, 0.3) is 5.91 Å². The van der Waals surface area contributed by atoms with Crippen molar-refractivity contribution < 1.29 is 29.3 Å². The number of rotatable bonds is 9. The van der Waals surface area contributed by atoms with Gasteiger partial charge in [0.05, 0.1) is 25.3 Å². The monoisotopic (exact) mass is 375 g/mol. The average Bonchev–Trinajstić information content (AvgIpc) is 2.63. The molecule has 27 heavy (non-hydrogen) atoms. The van der Waals surface area contributed by atoms with Crippen LogP contribution in [0.2, 0.25) is 0 Å². The number of benzene rings is 1. The van der Waals surface area contributed by atoms with Crippen LogP contribution in [0, 0.1) is 0 Å². The lowest BCUT2D eigenvalue weighted by atomic mass is 9.88. The largest absolute Gasteiger partial charge is 0.511 e. The minimum Gasteiger partial charge on any atom is -0.511 e. The van der Waals surface area contributed by atoms with Crippen LogP contribution in [0.4, 0.5) is 0 Å². The minimum atomic E-state index is -1.31. The highest BCUT2D eigenvalue weighted by Crippen LogP contribution is 2.34. The maximum Gasteiger partial charge on any atom is 0.341 e. The van der Waals surface area contributed by atoms with Gasteiger partial charge in [-0.1, -0.05) is 26.8 Å². The molecule has 1 heterocycles. The van der Waals surface area contributed by atoms with Gasteiger partial charge in [-0.2, -0.15) is 0 Å². The van der Waals surface area contributed by atoms with E-state index in [9.17, 15) is 19.8 Å². The van der Waals surface area contributed by atoms with E-state index in [2.05, 4.69) is 4.99 Å². The van der Waals surface area contributed by atoms with Gasteiger partial charge in [0.2, 0.25) is 0 Å². The maximum absolute atomic E-state index is 11.7. The van der Waals surface area contributed by atoms with Crippen LogP contribution in [0.5, 0.6) is 11.5 Å². The Kier molecular flexibility index (Phi) is 6.98. The van der Waals surface area contributed by atoms with Crippen LogP contribution in [-0.2, 0) is 9.59 Å². The Morgan fingerprint density at radius 3 is 2.41 bits per heavy atom. The van der Waals surface area contributed by atoms with E-state index >= 15 is 0 Å². The summed E-state index contributed by atoms with van der Waals surface area (Å²) in [7, 11) is 0. The molecule has 1 aromatic carbocycles. The molecule has 1 unspecified atom stereocenters. The molecule has 1 atom stereocenters. The van der Waals surface area contributed by atoms with Gasteiger partial charge in [-0.15, -0.1) is 0 Å². The normalized spacial score (nSPS) is 15.4. The lowest BCUT2D eigenvalue weighted by molar-refractivity contribution is -0.132. The summed E-state index contributed by atoms with van der Waals surface area (Å²) < 4.78 is 11.5. The predicted molar refractivity (Wildman–Crippen MR) is 101 cm³/mol. The molecule has 2 rings (SSSR count). The van der Waals surface area contributed by atoms with Crippen molar-refractivity contribution in [2.75, 3.05) is 13.2 Å². The van der Waals surface area contributed by atoms with Gasteiger partial charge in [-0.3, -0.25) is 4.79 Å². The standard InChI is InChI=1S/C20H25NO6/c1-4-8-26-15-7-6-13(10-16(15)27-9-5-2)12(3)19-18(20(24)25)14(22)11-17(23)21-19/h6-7,10,12,22H,4-5,8-9,11H2,1-3H3,(H,24,25). The zero-order chi connectivity index (χ0) is 20.0. The lowest BCUT2D eigenvalue weighted by Gasteiger charge is -2.21. The number of hydrogen-bond donors (Lipinski definition) is 2. The number of carbonyl (C=O) groups is 2. The smallest absolute Gasteiger partial charge is 0.341 e. The highest BCUT2D eigenvalue weighted by Gasteiger charge is 2.31. The number of aliphatic imine (C=N–C) groups is 1. The maximum atomic E-state index is 11.7. The molecule has 0 spiro atoms. The number of aliphatic hydroxyl groups excluding tert-OH is 1. The Morgan fingerprint density at radius 1 is 1.19 bits per heavy atom. The number of carbonyl (C=O) groups excluding carboxylic acids is 1. The molecule has 0 radical (unpaired) electrons. The van der Waals surface area contributed by atoms with Crippen LogP contribution in [0.3, 0.4) is 0 Å². The summed E-state index contributed by atoms with van der Waals surface area (Å²) in [5.74, 6) is -1.69. The molecule has 0 saturated heterocycles. The summed E-state index contributed by atoms with van der Waals surface area (Å²) in [5, 5.41) is 19.4.